The van der Waals surface area contributed by atoms with Crippen molar-refractivity contribution in [1.29, 1.82) is 0 Å². The summed E-state index contributed by atoms with van der Waals surface area (Å²) >= 11 is 5.44. The molecule has 2 atom stereocenters. The van der Waals surface area contributed by atoms with Gasteiger partial charge in [0.25, 0.3) is 0 Å². The van der Waals surface area contributed by atoms with E-state index in [9.17, 15) is 0 Å². The normalized spacial score (nSPS) is 18.3. The molecule has 3 nitrogen and oxygen atoms in total. The van der Waals surface area contributed by atoms with Gasteiger partial charge >= 0.3 is 0 Å². The number of benzene rings is 5. The zero-order chi connectivity index (χ0) is 35.6. The highest BCUT2D eigenvalue weighted by Crippen LogP contribution is 2.66. The van der Waals surface area contributed by atoms with Gasteiger partial charge in [0.05, 0.1) is 27.1 Å². The Kier molecular flexibility index (Phi) is 7.51. The van der Waals surface area contributed by atoms with Crippen LogP contribution in [0.4, 0.5) is 27.1 Å². The van der Waals surface area contributed by atoms with E-state index in [0.717, 1.165) is 11.4 Å². The summed E-state index contributed by atoms with van der Waals surface area (Å²) in [5.74, 6) is 0.0358. The highest BCUT2D eigenvalue weighted by Gasteiger charge is 2.56. The van der Waals surface area contributed by atoms with Gasteiger partial charge in [-0.05, 0) is 117 Å². The number of hydrogen-bond donors (Lipinski definition) is 0. The molecule has 5 aromatic carbocycles. The fraction of sp³-hybridized carbons (Fsp3) is 0.0625. The number of aliphatic imine (C=N–C) groups is 1. The fourth-order valence-electron chi connectivity index (χ4n) is 9.10. The van der Waals surface area contributed by atoms with Gasteiger partial charge < -0.3 is 9.80 Å². The largest absolute Gasteiger partial charge is 0.305 e. The second-order valence-electron chi connectivity index (χ2n) is 13.8. The number of thiophene rings is 2. The molecule has 2 unspecified atom stereocenters. The molecule has 4 aliphatic rings. The molecule has 258 valence electrons. The van der Waals surface area contributed by atoms with Gasteiger partial charge in [-0.1, -0.05) is 103 Å². The number of dihydropyridines is 1. The third kappa shape index (κ3) is 4.64. The molecule has 0 radical (unpaired) electrons. The Morgan fingerprint density at radius 2 is 1.19 bits per heavy atom. The fourth-order valence-corrected chi connectivity index (χ4v) is 11.8. The molecule has 0 bridgehead atoms. The molecule has 2 aliphatic carbocycles. The lowest BCUT2D eigenvalue weighted by atomic mass is 9.64. The number of hydrogen-bond acceptors (Lipinski definition) is 6. The Labute approximate surface area is 327 Å². The highest BCUT2D eigenvalue weighted by molar-refractivity contribution is 7.99. The first-order chi connectivity index (χ1) is 26.8. The average molecular weight is 748 g/mol. The van der Waals surface area contributed by atoms with Gasteiger partial charge in [-0.25, -0.2) is 0 Å². The van der Waals surface area contributed by atoms with Crippen molar-refractivity contribution in [2.24, 2.45) is 10.9 Å². The molecule has 2 aromatic heterocycles. The van der Waals surface area contributed by atoms with Gasteiger partial charge in [-0.2, -0.15) is 0 Å². The second kappa shape index (κ2) is 12.7. The maximum Gasteiger partial charge on any atom is 0.0999 e. The molecule has 0 fully saturated rings. The monoisotopic (exact) mass is 747 g/mol. The van der Waals surface area contributed by atoms with E-state index in [-0.39, 0.29) is 12.0 Å². The Bertz CT molecular complexity index is 2610. The van der Waals surface area contributed by atoms with Crippen LogP contribution in [0.3, 0.4) is 0 Å². The number of anilines is 5. The predicted molar refractivity (Wildman–Crippen MR) is 229 cm³/mol. The molecule has 11 rings (SSSR count). The van der Waals surface area contributed by atoms with E-state index in [0.29, 0.717) is 0 Å². The quantitative estimate of drug-likeness (QED) is 0.169. The number of allylic oxidation sites excluding steroid dienone is 3. The lowest BCUT2D eigenvalue weighted by molar-refractivity contribution is 0.633. The zero-order valence-electron chi connectivity index (χ0n) is 29.1. The summed E-state index contributed by atoms with van der Waals surface area (Å²) in [7, 11) is 0. The average Bonchev–Trinajstić information content (AvgIpc) is 4.02. The zero-order valence-corrected chi connectivity index (χ0v) is 31.6. The summed E-state index contributed by atoms with van der Waals surface area (Å²) in [6.45, 7) is 0. The standard InChI is InChI=1S/C48H33N3S3/c1-3-15-32(16-4-1)50(43-26-13-29-52-43)39-23-11-19-35-45-38(48(46(35)39)36-21-7-9-24-41(36)54-42-25-10-8-22-37(42)48)31-40(34-20-12-28-49-47(34)45)51(44-27-14-30-53-44)33-17-5-2-6-18-33/h1-31,34,47H. The van der Waals surface area contributed by atoms with Gasteiger partial charge in [0.15, 0.2) is 0 Å². The number of nitrogens with zero attached hydrogens (tertiary/aromatic N) is 3. The summed E-state index contributed by atoms with van der Waals surface area (Å²) in [6, 6.07) is 55.6. The number of rotatable bonds is 6. The first kappa shape index (κ1) is 31.8. The van der Waals surface area contributed by atoms with E-state index in [1.54, 1.807) is 22.7 Å². The van der Waals surface area contributed by atoms with Crippen LogP contribution in [0.1, 0.15) is 22.3 Å². The first-order valence-electron chi connectivity index (χ1n) is 18.3. The molecule has 0 saturated heterocycles. The van der Waals surface area contributed by atoms with E-state index in [4.69, 9.17) is 4.99 Å². The van der Waals surface area contributed by atoms with Gasteiger partial charge in [0, 0.05) is 44.6 Å². The topological polar surface area (TPSA) is 18.8 Å². The van der Waals surface area contributed by atoms with Crippen LogP contribution in [0.15, 0.2) is 207 Å². The summed E-state index contributed by atoms with van der Waals surface area (Å²) in [4.78, 5) is 13.0. The van der Waals surface area contributed by atoms with Crippen LogP contribution < -0.4 is 9.80 Å². The molecule has 1 spiro atoms. The molecule has 0 amide bonds. The summed E-state index contributed by atoms with van der Waals surface area (Å²) in [5.41, 5.74) is 11.9. The van der Waals surface area contributed by atoms with Crippen LogP contribution in [0.25, 0.3) is 5.57 Å². The van der Waals surface area contributed by atoms with E-state index in [1.807, 2.05) is 18.0 Å². The molecule has 7 aromatic rings. The Hall–Kier alpha value is -5.66. The van der Waals surface area contributed by atoms with Gasteiger partial charge in [0.2, 0.25) is 0 Å². The van der Waals surface area contributed by atoms with Crippen molar-refractivity contribution in [3.8, 4) is 0 Å². The Balaban J connectivity index is 1.29. The van der Waals surface area contributed by atoms with Gasteiger partial charge in [-0.15, -0.1) is 22.7 Å². The third-order valence-electron chi connectivity index (χ3n) is 11.1. The lowest BCUT2D eigenvalue weighted by Crippen LogP contribution is -2.37. The van der Waals surface area contributed by atoms with Crippen molar-refractivity contribution >= 4 is 73.3 Å². The molecule has 4 heterocycles. The maximum atomic E-state index is 5.42. The SMILES string of the molecule is C1=CC2C(N(c3ccccc3)c3cccs3)=CC3=C(c4cccc(N(c5ccccc5)c5cccs5)c4C34c3ccccc3Sc3ccccc34)C2N=C1. The minimum atomic E-state index is -0.616. The third-order valence-corrected chi connectivity index (χ3v) is 14.0. The Morgan fingerprint density at radius 3 is 1.83 bits per heavy atom. The van der Waals surface area contributed by atoms with Crippen LogP contribution in [0.2, 0.25) is 0 Å². The molecular formula is C48H33N3S3. The van der Waals surface area contributed by atoms with Crippen molar-refractivity contribution in [3.63, 3.8) is 0 Å². The summed E-state index contributed by atoms with van der Waals surface area (Å²) < 4.78 is 0. The smallest absolute Gasteiger partial charge is 0.0999 e. The van der Waals surface area contributed by atoms with Gasteiger partial charge in [0.1, 0.15) is 0 Å². The first-order valence-corrected chi connectivity index (χ1v) is 20.8. The maximum absolute atomic E-state index is 5.42. The molecular weight excluding hydrogens is 715 g/mol. The summed E-state index contributed by atoms with van der Waals surface area (Å²) in [6.07, 6.45) is 9.07. The van der Waals surface area contributed by atoms with Crippen LogP contribution in [-0.4, -0.2) is 12.3 Å². The minimum Gasteiger partial charge on any atom is -0.305 e. The van der Waals surface area contributed by atoms with Crippen LogP contribution in [0, 0.1) is 5.92 Å². The predicted octanol–water partition coefficient (Wildman–Crippen LogP) is 13.2. The van der Waals surface area contributed by atoms with Crippen LogP contribution >= 0.6 is 34.4 Å². The number of fused-ring (bicyclic) bond motifs is 10. The molecule has 54 heavy (non-hydrogen) atoms. The van der Waals surface area contributed by atoms with Crippen LogP contribution in [-0.2, 0) is 5.41 Å². The molecule has 6 heteroatoms. The van der Waals surface area contributed by atoms with E-state index in [1.165, 1.54) is 64.6 Å². The lowest BCUT2D eigenvalue weighted by Gasteiger charge is -2.44. The van der Waals surface area contributed by atoms with Crippen molar-refractivity contribution in [3.05, 3.63) is 214 Å². The van der Waals surface area contributed by atoms with Crippen molar-refractivity contribution in [1.82, 2.24) is 0 Å². The van der Waals surface area contributed by atoms with Crippen molar-refractivity contribution in [2.45, 2.75) is 21.2 Å². The second-order valence-corrected chi connectivity index (χ2v) is 16.8. The van der Waals surface area contributed by atoms with E-state index >= 15 is 0 Å². The van der Waals surface area contributed by atoms with Crippen molar-refractivity contribution < 1.29 is 0 Å². The summed E-state index contributed by atoms with van der Waals surface area (Å²) in [5, 5.41) is 6.73. The van der Waals surface area contributed by atoms with Crippen LogP contribution in [0.5, 0.6) is 0 Å². The van der Waals surface area contributed by atoms with Gasteiger partial charge in [-0.3, -0.25) is 4.99 Å². The minimum absolute atomic E-state index is 0.0358. The Morgan fingerprint density at radius 1 is 0.574 bits per heavy atom. The van der Waals surface area contributed by atoms with E-state index in [2.05, 4.69) is 190 Å². The van der Waals surface area contributed by atoms with E-state index < -0.39 is 5.41 Å². The van der Waals surface area contributed by atoms with Crippen molar-refractivity contribution in [2.75, 3.05) is 9.80 Å². The molecule has 0 saturated carbocycles. The molecule has 0 N–H and O–H groups in total. The number of para-hydroxylation sites is 2. The molecule has 2 aliphatic heterocycles. The highest BCUT2D eigenvalue weighted by atomic mass is 32.2.